The summed E-state index contributed by atoms with van der Waals surface area (Å²) in [5, 5.41) is 3.49. The van der Waals surface area contributed by atoms with E-state index in [9.17, 15) is 0 Å². The van der Waals surface area contributed by atoms with Gasteiger partial charge < -0.3 is 10.1 Å². The molecule has 0 bridgehead atoms. The molecular formula is C17H29N3O. The van der Waals surface area contributed by atoms with E-state index in [4.69, 9.17) is 14.7 Å². The second-order valence-corrected chi connectivity index (χ2v) is 6.19. The quantitative estimate of drug-likeness (QED) is 0.818. The highest BCUT2D eigenvalue weighted by atomic mass is 16.5. The van der Waals surface area contributed by atoms with Crippen molar-refractivity contribution in [3.63, 3.8) is 0 Å². The molecular weight excluding hydrogens is 262 g/mol. The molecule has 0 radical (unpaired) electrons. The molecule has 2 atom stereocenters. The first-order chi connectivity index (χ1) is 10.1. The highest BCUT2D eigenvalue weighted by molar-refractivity contribution is 5.29. The van der Waals surface area contributed by atoms with E-state index in [0.29, 0.717) is 11.8 Å². The van der Waals surface area contributed by atoms with Crippen LogP contribution in [0.1, 0.15) is 67.7 Å². The molecule has 4 heteroatoms. The minimum absolute atomic E-state index is 0.374. The Hall–Kier alpha value is -1.00. The normalized spacial score (nSPS) is 20.5. The average Bonchev–Trinajstić information content (AvgIpc) is 2.47. The zero-order chi connectivity index (χ0) is 15.2. The van der Waals surface area contributed by atoms with Gasteiger partial charge in [0.2, 0.25) is 0 Å². The smallest absolute Gasteiger partial charge is 0.134 e. The summed E-state index contributed by atoms with van der Waals surface area (Å²) in [4.78, 5) is 9.58. The van der Waals surface area contributed by atoms with Crippen LogP contribution in [0.2, 0.25) is 0 Å². The number of nitrogens with zero attached hydrogens (tertiary/aromatic N) is 2. The second-order valence-electron chi connectivity index (χ2n) is 6.19. The van der Waals surface area contributed by atoms with Crippen LogP contribution >= 0.6 is 0 Å². The fraction of sp³-hybridized carbons (Fsp3) is 0.765. The number of hydrogen-bond donors (Lipinski definition) is 1. The van der Waals surface area contributed by atoms with E-state index in [-0.39, 0.29) is 0 Å². The van der Waals surface area contributed by atoms with Gasteiger partial charge in [0.1, 0.15) is 5.82 Å². The highest BCUT2D eigenvalue weighted by Gasteiger charge is 2.22. The zero-order valence-electron chi connectivity index (χ0n) is 13.9. The monoisotopic (exact) mass is 291 g/mol. The van der Waals surface area contributed by atoms with Gasteiger partial charge in [0.15, 0.2) is 0 Å². The lowest BCUT2D eigenvalue weighted by atomic mass is 9.96. The summed E-state index contributed by atoms with van der Waals surface area (Å²) >= 11 is 0. The van der Waals surface area contributed by atoms with Gasteiger partial charge in [-0.15, -0.1) is 0 Å². The van der Waals surface area contributed by atoms with E-state index in [1.165, 1.54) is 12.0 Å². The van der Waals surface area contributed by atoms with Gasteiger partial charge in [0, 0.05) is 30.5 Å². The molecule has 1 fully saturated rings. The molecule has 0 aliphatic carbocycles. The van der Waals surface area contributed by atoms with Crippen molar-refractivity contribution < 1.29 is 4.74 Å². The van der Waals surface area contributed by atoms with Crippen LogP contribution in [0.25, 0.3) is 0 Å². The van der Waals surface area contributed by atoms with E-state index < -0.39 is 0 Å². The van der Waals surface area contributed by atoms with Gasteiger partial charge in [-0.3, -0.25) is 0 Å². The number of nitrogens with one attached hydrogen (secondary N) is 1. The van der Waals surface area contributed by atoms with Gasteiger partial charge in [-0.05, 0) is 51.1 Å². The first-order valence-corrected chi connectivity index (χ1v) is 8.27. The fourth-order valence-electron chi connectivity index (χ4n) is 3.19. The summed E-state index contributed by atoms with van der Waals surface area (Å²) in [6.07, 6.45) is 3.43. The van der Waals surface area contributed by atoms with Crippen LogP contribution in [0.15, 0.2) is 0 Å². The Morgan fingerprint density at radius 3 is 2.57 bits per heavy atom. The van der Waals surface area contributed by atoms with E-state index in [0.717, 1.165) is 56.4 Å². The molecule has 1 aromatic rings. The minimum atomic E-state index is 0.374. The maximum Gasteiger partial charge on any atom is 0.134 e. The third-order valence-electron chi connectivity index (χ3n) is 4.24. The number of aryl methyl sites for hydroxylation is 2. The standard InChI is InChI=1S/C17H29N3O/c1-5-8-18-10-12(2)16-13(3)19-17(20-14(16)4)15-7-6-9-21-11-15/h12,15,18H,5-11H2,1-4H3. The summed E-state index contributed by atoms with van der Waals surface area (Å²) in [6, 6.07) is 0. The zero-order valence-corrected chi connectivity index (χ0v) is 13.9. The van der Waals surface area contributed by atoms with Crippen LogP contribution in [-0.2, 0) is 4.74 Å². The van der Waals surface area contributed by atoms with Crippen molar-refractivity contribution in [2.45, 2.75) is 58.8 Å². The largest absolute Gasteiger partial charge is 0.381 e. The number of aromatic nitrogens is 2. The van der Waals surface area contributed by atoms with Crippen LogP contribution in [0.3, 0.4) is 0 Å². The molecule has 0 spiro atoms. The Morgan fingerprint density at radius 2 is 2.00 bits per heavy atom. The molecule has 21 heavy (non-hydrogen) atoms. The fourth-order valence-corrected chi connectivity index (χ4v) is 3.19. The molecule has 1 aliphatic rings. The lowest BCUT2D eigenvalue weighted by molar-refractivity contribution is 0.0779. The van der Waals surface area contributed by atoms with Crippen molar-refractivity contribution in [3.05, 3.63) is 22.8 Å². The molecule has 1 aliphatic heterocycles. The van der Waals surface area contributed by atoms with Crippen molar-refractivity contribution in [2.24, 2.45) is 0 Å². The third kappa shape index (κ3) is 4.24. The van der Waals surface area contributed by atoms with Gasteiger partial charge in [0.25, 0.3) is 0 Å². The van der Waals surface area contributed by atoms with Crippen molar-refractivity contribution >= 4 is 0 Å². The minimum Gasteiger partial charge on any atom is -0.381 e. The van der Waals surface area contributed by atoms with Crippen LogP contribution in [0.5, 0.6) is 0 Å². The topological polar surface area (TPSA) is 47.0 Å². The van der Waals surface area contributed by atoms with Crippen molar-refractivity contribution in [1.29, 1.82) is 0 Å². The highest BCUT2D eigenvalue weighted by Crippen LogP contribution is 2.26. The van der Waals surface area contributed by atoms with Crippen LogP contribution in [0.4, 0.5) is 0 Å². The van der Waals surface area contributed by atoms with Crippen molar-refractivity contribution in [2.75, 3.05) is 26.3 Å². The van der Waals surface area contributed by atoms with Crippen LogP contribution in [0, 0.1) is 13.8 Å². The summed E-state index contributed by atoms with van der Waals surface area (Å²) in [5.74, 6) is 1.80. The SMILES string of the molecule is CCCNCC(C)c1c(C)nc(C2CCCOC2)nc1C. The Labute approximate surface area is 128 Å². The van der Waals surface area contributed by atoms with Crippen molar-refractivity contribution in [3.8, 4) is 0 Å². The molecule has 0 amide bonds. The average molecular weight is 291 g/mol. The molecule has 1 aromatic heterocycles. The molecule has 118 valence electrons. The summed E-state index contributed by atoms with van der Waals surface area (Å²) in [6.45, 7) is 12.4. The van der Waals surface area contributed by atoms with Crippen molar-refractivity contribution in [1.82, 2.24) is 15.3 Å². The Bertz CT molecular complexity index is 432. The first kappa shape index (κ1) is 16.4. The third-order valence-corrected chi connectivity index (χ3v) is 4.24. The molecule has 2 rings (SSSR count). The molecule has 0 aromatic carbocycles. The summed E-state index contributed by atoms with van der Waals surface area (Å²) in [5.41, 5.74) is 3.57. The van der Waals surface area contributed by atoms with Gasteiger partial charge in [-0.2, -0.15) is 0 Å². The first-order valence-electron chi connectivity index (χ1n) is 8.27. The number of ether oxygens (including phenoxy) is 1. The Balaban J connectivity index is 2.12. The molecule has 1 N–H and O–H groups in total. The number of hydrogen-bond acceptors (Lipinski definition) is 4. The van der Waals surface area contributed by atoms with E-state index in [2.05, 4.69) is 33.0 Å². The van der Waals surface area contributed by atoms with Crippen LogP contribution < -0.4 is 5.32 Å². The summed E-state index contributed by atoms with van der Waals surface area (Å²) < 4.78 is 5.57. The second kappa shape index (κ2) is 7.85. The lowest BCUT2D eigenvalue weighted by Gasteiger charge is -2.23. The van der Waals surface area contributed by atoms with E-state index in [1.807, 2.05) is 0 Å². The van der Waals surface area contributed by atoms with Crippen LogP contribution in [-0.4, -0.2) is 36.3 Å². The maximum absolute atomic E-state index is 5.57. The van der Waals surface area contributed by atoms with Gasteiger partial charge >= 0.3 is 0 Å². The molecule has 2 unspecified atom stereocenters. The molecule has 0 saturated carbocycles. The van der Waals surface area contributed by atoms with Gasteiger partial charge in [-0.25, -0.2) is 9.97 Å². The molecule has 2 heterocycles. The predicted octanol–water partition coefficient (Wildman–Crippen LogP) is 3.09. The predicted molar refractivity (Wildman–Crippen MR) is 85.9 cm³/mol. The lowest BCUT2D eigenvalue weighted by Crippen LogP contribution is -2.23. The summed E-state index contributed by atoms with van der Waals surface area (Å²) in [7, 11) is 0. The Kier molecular flexibility index (Phi) is 6.12. The number of rotatable bonds is 6. The maximum atomic E-state index is 5.57. The van der Waals surface area contributed by atoms with E-state index >= 15 is 0 Å². The van der Waals surface area contributed by atoms with Gasteiger partial charge in [0.05, 0.1) is 6.61 Å². The molecule has 1 saturated heterocycles. The Morgan fingerprint density at radius 1 is 1.29 bits per heavy atom. The molecule has 4 nitrogen and oxygen atoms in total. The van der Waals surface area contributed by atoms with E-state index in [1.54, 1.807) is 0 Å². The van der Waals surface area contributed by atoms with Gasteiger partial charge in [-0.1, -0.05) is 13.8 Å².